The lowest BCUT2D eigenvalue weighted by Crippen LogP contribution is -2.32. The Kier molecular flexibility index (Phi) is 6.94. The smallest absolute Gasteiger partial charge is 0.407 e. The van der Waals surface area contributed by atoms with E-state index in [9.17, 15) is 4.79 Å². The van der Waals surface area contributed by atoms with Gasteiger partial charge in [-0.2, -0.15) is 4.98 Å². The second kappa shape index (κ2) is 9.77. The van der Waals surface area contributed by atoms with Crippen molar-refractivity contribution in [2.75, 3.05) is 11.4 Å². The molecule has 2 aromatic carbocycles. The number of hydrogen-bond donors (Lipinski definition) is 1. The highest BCUT2D eigenvalue weighted by atomic mass is 35.5. The number of benzene rings is 2. The molecule has 1 aliphatic heterocycles. The van der Waals surface area contributed by atoms with Crippen molar-refractivity contribution in [2.24, 2.45) is 0 Å². The summed E-state index contributed by atoms with van der Waals surface area (Å²) in [6.07, 6.45) is -0.407. The van der Waals surface area contributed by atoms with Crippen LogP contribution in [0.4, 0.5) is 16.4 Å². The fourth-order valence-corrected chi connectivity index (χ4v) is 4.15. The Morgan fingerprint density at radius 3 is 2.71 bits per heavy atom. The Balaban J connectivity index is 1.49. The summed E-state index contributed by atoms with van der Waals surface area (Å²) in [5, 5.41) is 7.52. The Bertz CT molecular complexity index is 1220. The van der Waals surface area contributed by atoms with E-state index in [2.05, 4.69) is 28.4 Å². The third-order valence-electron chi connectivity index (χ3n) is 5.40. The van der Waals surface area contributed by atoms with Gasteiger partial charge in [-0.25, -0.2) is 4.79 Å². The number of carbonyl (C=O) groups excluding carboxylic acids is 1. The second-order valence-corrected chi connectivity index (χ2v) is 10.4. The summed E-state index contributed by atoms with van der Waals surface area (Å²) in [6, 6.07) is 11.5. The van der Waals surface area contributed by atoms with Gasteiger partial charge < -0.3 is 24.2 Å². The predicted molar refractivity (Wildman–Crippen MR) is 135 cm³/mol. The lowest BCUT2D eigenvalue weighted by atomic mass is 10.0. The van der Waals surface area contributed by atoms with Crippen molar-refractivity contribution < 1.29 is 18.8 Å². The highest BCUT2D eigenvalue weighted by Gasteiger charge is 2.30. The van der Waals surface area contributed by atoms with Gasteiger partial charge in [-0.05, 0) is 75.2 Å². The zero-order valence-corrected chi connectivity index (χ0v) is 21.6. The lowest BCUT2D eigenvalue weighted by Gasteiger charge is -2.20. The first-order valence-electron chi connectivity index (χ1n) is 11.7. The molecule has 9 heteroatoms. The zero-order chi connectivity index (χ0) is 25.3. The minimum absolute atomic E-state index is 0.0270. The Morgan fingerprint density at radius 1 is 1.26 bits per heavy atom. The first kappa shape index (κ1) is 24.9. The molecule has 1 N–H and O–H groups in total. The van der Waals surface area contributed by atoms with Gasteiger partial charge in [0, 0.05) is 30.3 Å². The second-order valence-electron chi connectivity index (χ2n) is 9.97. The maximum atomic E-state index is 12.0. The van der Waals surface area contributed by atoms with Crippen LogP contribution < -0.4 is 15.0 Å². The summed E-state index contributed by atoms with van der Waals surface area (Å²) < 4.78 is 16.6. The van der Waals surface area contributed by atoms with E-state index in [0.717, 1.165) is 28.9 Å². The first-order chi connectivity index (χ1) is 16.5. The molecule has 0 aliphatic carbocycles. The summed E-state index contributed by atoms with van der Waals surface area (Å²) in [5.41, 5.74) is 3.37. The van der Waals surface area contributed by atoms with E-state index in [0.29, 0.717) is 29.2 Å². The Morgan fingerprint density at radius 2 is 2.03 bits per heavy atom. The molecule has 1 aliphatic rings. The van der Waals surface area contributed by atoms with Crippen LogP contribution in [0.1, 0.15) is 58.6 Å². The number of nitrogens with zero attached hydrogens (tertiary/aromatic N) is 3. The Hall–Kier alpha value is -3.26. The number of anilines is 2. The lowest BCUT2D eigenvalue weighted by molar-refractivity contribution is 0.0523. The number of amides is 1. The summed E-state index contributed by atoms with van der Waals surface area (Å²) in [5.74, 6) is 1.75. The van der Waals surface area contributed by atoms with Crippen LogP contribution in [0.3, 0.4) is 0 Å². The molecule has 0 bridgehead atoms. The summed E-state index contributed by atoms with van der Waals surface area (Å²) in [7, 11) is 0. The van der Waals surface area contributed by atoms with Crippen molar-refractivity contribution in [1.29, 1.82) is 0 Å². The highest BCUT2D eigenvalue weighted by molar-refractivity contribution is 6.32. The van der Waals surface area contributed by atoms with Crippen LogP contribution in [0, 0.1) is 0 Å². The van der Waals surface area contributed by atoms with E-state index < -0.39 is 11.7 Å². The molecule has 1 atom stereocenters. The molecule has 8 nitrogen and oxygen atoms in total. The van der Waals surface area contributed by atoms with Crippen molar-refractivity contribution in [3.05, 3.63) is 52.5 Å². The Labute approximate surface area is 210 Å². The molecule has 0 fully saturated rings. The molecule has 35 heavy (non-hydrogen) atoms. The number of fused-ring (bicyclic) bond motifs is 1. The number of alkyl carbamates (subject to hydrolysis) is 1. The largest absolute Gasteiger partial charge is 0.489 e. The number of nitrogens with one attached hydrogen (secondary N) is 1. The van der Waals surface area contributed by atoms with E-state index in [4.69, 9.17) is 25.6 Å². The van der Waals surface area contributed by atoms with Crippen LogP contribution in [0.25, 0.3) is 11.5 Å². The fraction of sp³-hybridized carbons (Fsp3) is 0.423. The van der Waals surface area contributed by atoms with Crippen LogP contribution >= 0.6 is 11.6 Å². The van der Waals surface area contributed by atoms with E-state index in [1.54, 1.807) is 6.07 Å². The SMILES string of the molecule is CC(C)Oc1ccc(-c2nc(N3CC(C)c4cc(CNC(=O)OC(C)(C)C)ccc43)no2)cc1Cl. The first-order valence-corrected chi connectivity index (χ1v) is 12.1. The number of carbonyl (C=O) groups is 1. The molecular weight excluding hydrogens is 468 g/mol. The highest BCUT2D eigenvalue weighted by Crippen LogP contribution is 2.41. The predicted octanol–water partition coefficient (Wildman–Crippen LogP) is 6.46. The molecule has 0 spiro atoms. The minimum atomic E-state index is -0.532. The molecule has 0 radical (unpaired) electrons. The van der Waals surface area contributed by atoms with Crippen LogP contribution in [0.5, 0.6) is 5.75 Å². The molecule has 186 valence electrons. The number of halogens is 1. The monoisotopic (exact) mass is 498 g/mol. The van der Waals surface area contributed by atoms with Gasteiger partial charge in [0.25, 0.3) is 11.8 Å². The normalized spacial score (nSPS) is 15.3. The van der Waals surface area contributed by atoms with E-state index >= 15 is 0 Å². The molecule has 1 aromatic heterocycles. The van der Waals surface area contributed by atoms with Gasteiger partial charge in [0.15, 0.2) is 0 Å². The summed E-state index contributed by atoms with van der Waals surface area (Å²) in [6.45, 7) is 12.7. The standard InChI is InChI=1S/C26H31ClN4O4/c1-15(2)33-22-10-8-18(12-20(22)27)23-29-24(30-35-23)31-14-16(3)19-11-17(7-9-21(19)31)13-28-25(32)34-26(4,5)6/h7-12,15-16H,13-14H2,1-6H3,(H,28,32). The van der Waals surface area contributed by atoms with Crippen LogP contribution in [-0.2, 0) is 11.3 Å². The van der Waals surface area contributed by atoms with E-state index in [-0.39, 0.29) is 12.0 Å². The summed E-state index contributed by atoms with van der Waals surface area (Å²) in [4.78, 5) is 18.6. The maximum Gasteiger partial charge on any atom is 0.407 e. The molecule has 2 heterocycles. The third-order valence-corrected chi connectivity index (χ3v) is 5.70. The summed E-state index contributed by atoms with van der Waals surface area (Å²) >= 11 is 6.38. The van der Waals surface area contributed by atoms with Gasteiger partial charge in [0.2, 0.25) is 0 Å². The van der Waals surface area contributed by atoms with Gasteiger partial charge in [-0.15, -0.1) is 0 Å². The molecular formula is C26H31ClN4O4. The number of hydrogen-bond acceptors (Lipinski definition) is 7. The van der Waals surface area contributed by atoms with Gasteiger partial charge in [-0.3, -0.25) is 0 Å². The van der Waals surface area contributed by atoms with Crippen molar-refractivity contribution in [3.63, 3.8) is 0 Å². The molecule has 4 rings (SSSR count). The zero-order valence-electron chi connectivity index (χ0n) is 20.9. The van der Waals surface area contributed by atoms with Gasteiger partial charge in [0.1, 0.15) is 11.4 Å². The van der Waals surface area contributed by atoms with Gasteiger partial charge in [-0.1, -0.05) is 30.7 Å². The van der Waals surface area contributed by atoms with E-state index in [1.165, 1.54) is 0 Å². The number of rotatable bonds is 6. The van der Waals surface area contributed by atoms with Gasteiger partial charge in [0.05, 0.1) is 11.1 Å². The van der Waals surface area contributed by atoms with Crippen molar-refractivity contribution in [3.8, 4) is 17.2 Å². The van der Waals surface area contributed by atoms with Crippen molar-refractivity contribution in [2.45, 2.75) is 65.7 Å². The van der Waals surface area contributed by atoms with Crippen molar-refractivity contribution in [1.82, 2.24) is 15.5 Å². The third kappa shape index (κ3) is 5.88. The molecule has 0 saturated heterocycles. The quantitative estimate of drug-likeness (QED) is 0.417. The number of aromatic nitrogens is 2. The van der Waals surface area contributed by atoms with Crippen LogP contribution in [-0.4, -0.2) is 34.5 Å². The minimum Gasteiger partial charge on any atom is -0.489 e. The topological polar surface area (TPSA) is 89.7 Å². The number of ether oxygens (including phenoxy) is 2. The average molecular weight is 499 g/mol. The molecule has 1 amide bonds. The van der Waals surface area contributed by atoms with Crippen LogP contribution in [0.2, 0.25) is 5.02 Å². The molecule has 1 unspecified atom stereocenters. The van der Waals surface area contributed by atoms with Gasteiger partial charge >= 0.3 is 6.09 Å². The van der Waals surface area contributed by atoms with Crippen molar-refractivity contribution >= 4 is 29.3 Å². The maximum absolute atomic E-state index is 12.0. The van der Waals surface area contributed by atoms with E-state index in [1.807, 2.05) is 63.8 Å². The fourth-order valence-electron chi connectivity index (χ4n) is 3.93. The molecule has 0 saturated carbocycles. The van der Waals surface area contributed by atoms with Crippen LogP contribution in [0.15, 0.2) is 40.9 Å². The molecule has 3 aromatic rings. The average Bonchev–Trinajstić information content (AvgIpc) is 3.37.